The number of terminal acetylenes is 1. The Bertz CT molecular complexity index is 519. The number of hydrogen-bond donors (Lipinski definition) is 1. The highest BCUT2D eigenvalue weighted by molar-refractivity contribution is 5.95. The first-order valence-corrected chi connectivity index (χ1v) is 6.21. The topological polar surface area (TPSA) is 49.4 Å². The number of hydrogen-bond acceptors (Lipinski definition) is 2. The van der Waals surface area contributed by atoms with E-state index in [0.717, 1.165) is 5.56 Å². The molecule has 0 saturated carbocycles. The van der Waals surface area contributed by atoms with Crippen LogP contribution < -0.4 is 5.32 Å². The molecular weight excluding hydrogens is 240 g/mol. The molecule has 1 aliphatic rings. The van der Waals surface area contributed by atoms with Crippen LogP contribution in [0.2, 0.25) is 0 Å². The van der Waals surface area contributed by atoms with E-state index >= 15 is 0 Å². The fourth-order valence-corrected chi connectivity index (χ4v) is 2.19. The van der Waals surface area contributed by atoms with Gasteiger partial charge in [0.2, 0.25) is 5.91 Å². The van der Waals surface area contributed by atoms with Gasteiger partial charge in [0, 0.05) is 12.5 Å². The number of rotatable bonds is 3. The normalized spacial score (nSPS) is 20.6. The maximum absolute atomic E-state index is 12.4. The third-order valence-electron chi connectivity index (χ3n) is 3.23. The zero-order valence-electron chi connectivity index (χ0n) is 10.8. The first kappa shape index (κ1) is 13.2. The molecule has 98 valence electrons. The van der Waals surface area contributed by atoms with Crippen molar-refractivity contribution in [2.24, 2.45) is 0 Å². The van der Waals surface area contributed by atoms with E-state index in [2.05, 4.69) is 11.2 Å². The van der Waals surface area contributed by atoms with E-state index < -0.39 is 6.04 Å². The van der Waals surface area contributed by atoms with Gasteiger partial charge >= 0.3 is 0 Å². The third-order valence-corrected chi connectivity index (χ3v) is 3.23. The van der Waals surface area contributed by atoms with Crippen molar-refractivity contribution in [2.75, 3.05) is 6.54 Å². The lowest BCUT2D eigenvalue weighted by molar-refractivity contribution is -0.146. The summed E-state index contributed by atoms with van der Waals surface area (Å²) in [5.74, 6) is 2.27. The highest BCUT2D eigenvalue weighted by Gasteiger charge is 2.35. The lowest BCUT2D eigenvalue weighted by Gasteiger charge is -2.36. The number of benzene rings is 1. The molecule has 1 aliphatic heterocycles. The molecule has 1 N–H and O–H groups in total. The second-order valence-corrected chi connectivity index (χ2v) is 4.63. The van der Waals surface area contributed by atoms with Gasteiger partial charge in [-0.25, -0.2) is 0 Å². The van der Waals surface area contributed by atoms with Gasteiger partial charge in [-0.05, 0) is 12.5 Å². The standard InChI is InChI=1S/C15H16N2O2/c1-3-7-11(2)17-10-13(18)16-14(15(17)19)12-8-5-4-6-9-12/h1,4-6,8-9,11,14H,7,10H2,2H3,(H,16,18). The van der Waals surface area contributed by atoms with Crippen molar-refractivity contribution in [3.8, 4) is 12.3 Å². The van der Waals surface area contributed by atoms with E-state index in [-0.39, 0.29) is 24.4 Å². The summed E-state index contributed by atoms with van der Waals surface area (Å²) >= 11 is 0. The van der Waals surface area contributed by atoms with Crippen molar-refractivity contribution >= 4 is 11.8 Å². The van der Waals surface area contributed by atoms with Gasteiger partial charge in [-0.2, -0.15) is 0 Å². The van der Waals surface area contributed by atoms with Gasteiger partial charge < -0.3 is 10.2 Å². The predicted molar refractivity (Wildman–Crippen MR) is 72.0 cm³/mol. The summed E-state index contributed by atoms with van der Waals surface area (Å²) in [6, 6.07) is 8.49. The van der Waals surface area contributed by atoms with Crippen LogP contribution in [0.1, 0.15) is 24.9 Å². The van der Waals surface area contributed by atoms with E-state index in [0.29, 0.717) is 6.42 Å². The molecule has 1 aromatic rings. The minimum atomic E-state index is -0.609. The molecule has 0 radical (unpaired) electrons. The van der Waals surface area contributed by atoms with Crippen LogP contribution in [0.3, 0.4) is 0 Å². The van der Waals surface area contributed by atoms with Gasteiger partial charge in [0.15, 0.2) is 0 Å². The number of nitrogens with zero attached hydrogens (tertiary/aromatic N) is 1. The van der Waals surface area contributed by atoms with Crippen LogP contribution in [0.25, 0.3) is 0 Å². The van der Waals surface area contributed by atoms with Crippen LogP contribution in [0, 0.1) is 12.3 Å². The summed E-state index contributed by atoms with van der Waals surface area (Å²) in [5.41, 5.74) is 0.790. The Morgan fingerprint density at radius 2 is 2.11 bits per heavy atom. The second kappa shape index (κ2) is 5.57. The average molecular weight is 256 g/mol. The van der Waals surface area contributed by atoms with Crippen molar-refractivity contribution < 1.29 is 9.59 Å². The Labute approximate surface area is 112 Å². The fraction of sp³-hybridized carbons (Fsp3) is 0.333. The smallest absolute Gasteiger partial charge is 0.250 e. The molecule has 2 atom stereocenters. The van der Waals surface area contributed by atoms with Crippen molar-refractivity contribution in [3.63, 3.8) is 0 Å². The van der Waals surface area contributed by atoms with Crippen LogP contribution in [-0.4, -0.2) is 29.3 Å². The van der Waals surface area contributed by atoms with E-state index in [1.54, 1.807) is 4.90 Å². The zero-order chi connectivity index (χ0) is 13.8. The summed E-state index contributed by atoms with van der Waals surface area (Å²) in [6.45, 7) is 1.93. The molecule has 1 heterocycles. The van der Waals surface area contributed by atoms with Gasteiger partial charge in [-0.3, -0.25) is 9.59 Å². The maximum Gasteiger partial charge on any atom is 0.250 e. The highest BCUT2D eigenvalue weighted by atomic mass is 16.2. The highest BCUT2D eigenvalue weighted by Crippen LogP contribution is 2.21. The van der Waals surface area contributed by atoms with Gasteiger partial charge in [0.05, 0.1) is 6.54 Å². The lowest BCUT2D eigenvalue weighted by Crippen LogP contribution is -2.56. The summed E-state index contributed by atoms with van der Waals surface area (Å²) < 4.78 is 0. The number of carbonyl (C=O) groups excluding carboxylic acids is 2. The van der Waals surface area contributed by atoms with Crippen LogP contribution in [0.15, 0.2) is 30.3 Å². The van der Waals surface area contributed by atoms with Crippen molar-refractivity contribution in [1.29, 1.82) is 0 Å². The molecule has 1 saturated heterocycles. The minimum Gasteiger partial charge on any atom is -0.339 e. The zero-order valence-corrected chi connectivity index (χ0v) is 10.8. The van der Waals surface area contributed by atoms with Gasteiger partial charge in [-0.15, -0.1) is 12.3 Å². The number of carbonyl (C=O) groups is 2. The molecule has 2 amide bonds. The molecule has 19 heavy (non-hydrogen) atoms. The molecule has 0 aliphatic carbocycles. The Balaban J connectivity index is 2.24. The summed E-state index contributed by atoms with van der Waals surface area (Å²) in [6.07, 6.45) is 5.72. The Hall–Kier alpha value is -2.28. The van der Waals surface area contributed by atoms with Crippen molar-refractivity contribution in [1.82, 2.24) is 10.2 Å². The first-order chi connectivity index (χ1) is 9.13. The predicted octanol–water partition coefficient (Wildman–Crippen LogP) is 1.10. The summed E-state index contributed by atoms with van der Waals surface area (Å²) in [5, 5.41) is 2.73. The Kier molecular flexibility index (Phi) is 3.86. The molecule has 0 bridgehead atoms. The molecule has 4 nitrogen and oxygen atoms in total. The number of nitrogens with one attached hydrogen (secondary N) is 1. The van der Waals surface area contributed by atoms with E-state index in [1.165, 1.54) is 0 Å². The molecule has 4 heteroatoms. The maximum atomic E-state index is 12.4. The average Bonchev–Trinajstić information content (AvgIpc) is 2.42. The van der Waals surface area contributed by atoms with Crippen LogP contribution in [0.4, 0.5) is 0 Å². The molecular formula is C15H16N2O2. The van der Waals surface area contributed by atoms with E-state index in [4.69, 9.17) is 6.42 Å². The molecule has 2 rings (SSSR count). The van der Waals surface area contributed by atoms with Crippen molar-refractivity contribution in [2.45, 2.75) is 25.4 Å². The molecule has 1 aromatic carbocycles. The Morgan fingerprint density at radius 3 is 2.74 bits per heavy atom. The van der Waals surface area contributed by atoms with Crippen molar-refractivity contribution in [3.05, 3.63) is 35.9 Å². The molecule has 1 fully saturated rings. The SMILES string of the molecule is C#CCC(C)N1CC(=O)NC(c2ccccc2)C1=O. The first-order valence-electron chi connectivity index (χ1n) is 6.21. The third kappa shape index (κ3) is 2.76. The molecule has 0 aromatic heterocycles. The summed E-state index contributed by atoms with van der Waals surface area (Å²) in [7, 11) is 0. The van der Waals surface area contributed by atoms with Crippen LogP contribution >= 0.6 is 0 Å². The second-order valence-electron chi connectivity index (χ2n) is 4.63. The van der Waals surface area contributed by atoms with E-state index in [1.807, 2.05) is 37.3 Å². The Morgan fingerprint density at radius 1 is 1.42 bits per heavy atom. The van der Waals surface area contributed by atoms with E-state index in [9.17, 15) is 9.59 Å². The summed E-state index contributed by atoms with van der Waals surface area (Å²) in [4.78, 5) is 25.7. The lowest BCUT2D eigenvalue weighted by atomic mass is 10.0. The van der Waals surface area contributed by atoms with Crippen LogP contribution in [-0.2, 0) is 9.59 Å². The molecule has 0 spiro atoms. The monoisotopic (exact) mass is 256 g/mol. The van der Waals surface area contributed by atoms with Gasteiger partial charge in [-0.1, -0.05) is 30.3 Å². The largest absolute Gasteiger partial charge is 0.339 e. The number of piperazine rings is 1. The minimum absolute atomic E-state index is 0.0744. The number of amides is 2. The molecule has 2 unspecified atom stereocenters. The quantitative estimate of drug-likeness (QED) is 0.823. The van der Waals surface area contributed by atoms with Crippen LogP contribution in [0.5, 0.6) is 0 Å². The van der Waals surface area contributed by atoms with Gasteiger partial charge in [0.25, 0.3) is 5.91 Å². The van der Waals surface area contributed by atoms with Gasteiger partial charge in [0.1, 0.15) is 6.04 Å². The fourth-order valence-electron chi connectivity index (χ4n) is 2.19.